The first-order valence-electron chi connectivity index (χ1n) is 5.96. The van der Waals surface area contributed by atoms with Crippen molar-refractivity contribution in [3.63, 3.8) is 0 Å². The Bertz CT molecular complexity index is 405. The van der Waals surface area contributed by atoms with Crippen LogP contribution in [-0.2, 0) is 0 Å². The second kappa shape index (κ2) is 5.18. The van der Waals surface area contributed by atoms with Crippen LogP contribution < -0.4 is 10.1 Å². The van der Waals surface area contributed by atoms with E-state index in [1.165, 1.54) is 7.11 Å². The number of methoxy groups -OCH3 is 1. The van der Waals surface area contributed by atoms with Crippen molar-refractivity contribution in [3.05, 3.63) is 29.8 Å². The van der Waals surface area contributed by atoms with Crippen LogP contribution in [0.25, 0.3) is 0 Å². The molecule has 2 unspecified atom stereocenters. The van der Waals surface area contributed by atoms with Gasteiger partial charge in [-0.15, -0.1) is 0 Å². The fourth-order valence-electron chi connectivity index (χ4n) is 2.43. The van der Waals surface area contributed by atoms with Crippen molar-refractivity contribution < 1.29 is 17.9 Å². The van der Waals surface area contributed by atoms with Gasteiger partial charge < -0.3 is 10.1 Å². The summed E-state index contributed by atoms with van der Waals surface area (Å²) in [4.78, 5) is 0. The Morgan fingerprint density at radius 2 is 2.11 bits per heavy atom. The number of alkyl halides is 3. The molecule has 0 aliphatic carbocycles. The lowest BCUT2D eigenvalue weighted by Gasteiger charge is -2.34. The lowest BCUT2D eigenvalue weighted by atomic mass is 9.86. The van der Waals surface area contributed by atoms with E-state index in [1.54, 1.807) is 24.3 Å². The van der Waals surface area contributed by atoms with Crippen LogP contribution >= 0.6 is 0 Å². The van der Waals surface area contributed by atoms with Gasteiger partial charge in [0, 0.05) is 6.04 Å². The van der Waals surface area contributed by atoms with Crippen molar-refractivity contribution in [1.29, 1.82) is 0 Å². The van der Waals surface area contributed by atoms with Crippen LogP contribution in [0.2, 0.25) is 0 Å². The summed E-state index contributed by atoms with van der Waals surface area (Å²) >= 11 is 0. The van der Waals surface area contributed by atoms with Gasteiger partial charge in [0.2, 0.25) is 0 Å². The highest BCUT2D eigenvalue weighted by Gasteiger charge is 2.45. The van der Waals surface area contributed by atoms with Gasteiger partial charge in [0.1, 0.15) is 5.75 Å². The van der Waals surface area contributed by atoms with Gasteiger partial charge in [-0.25, -0.2) is 0 Å². The molecule has 5 heteroatoms. The first-order chi connectivity index (χ1) is 8.52. The van der Waals surface area contributed by atoms with Crippen LogP contribution in [-0.4, -0.2) is 19.8 Å². The quantitative estimate of drug-likeness (QED) is 0.880. The standard InChI is InChI=1S/C13H16F3NO/c1-18-10-5-2-4-9(8-10)12-11(13(14,15)16)6-3-7-17-12/h2,4-5,8,11-12,17H,3,6-7H2,1H3. The molecule has 0 spiro atoms. The molecule has 2 rings (SSSR count). The van der Waals surface area contributed by atoms with E-state index in [0.717, 1.165) is 0 Å². The minimum atomic E-state index is -4.17. The van der Waals surface area contributed by atoms with E-state index in [0.29, 0.717) is 24.3 Å². The van der Waals surface area contributed by atoms with Crippen LogP contribution in [0.1, 0.15) is 24.4 Å². The molecular weight excluding hydrogens is 243 g/mol. The van der Waals surface area contributed by atoms with Gasteiger partial charge in [0.25, 0.3) is 0 Å². The largest absolute Gasteiger partial charge is 0.497 e. The second-order valence-corrected chi connectivity index (χ2v) is 4.50. The fraction of sp³-hybridized carbons (Fsp3) is 0.538. The molecule has 0 amide bonds. The molecule has 0 bridgehead atoms. The lowest BCUT2D eigenvalue weighted by molar-refractivity contribution is -0.189. The van der Waals surface area contributed by atoms with Crippen LogP contribution in [0, 0.1) is 5.92 Å². The van der Waals surface area contributed by atoms with Crippen molar-refractivity contribution in [2.45, 2.75) is 25.1 Å². The monoisotopic (exact) mass is 259 g/mol. The van der Waals surface area contributed by atoms with Gasteiger partial charge in [-0.3, -0.25) is 0 Å². The third-order valence-corrected chi connectivity index (χ3v) is 3.33. The van der Waals surface area contributed by atoms with E-state index < -0.39 is 18.1 Å². The summed E-state index contributed by atoms with van der Waals surface area (Å²) in [5.41, 5.74) is 0.636. The number of hydrogen-bond acceptors (Lipinski definition) is 2. The van der Waals surface area contributed by atoms with E-state index in [-0.39, 0.29) is 6.42 Å². The topological polar surface area (TPSA) is 21.3 Å². The number of ether oxygens (including phenoxy) is 1. The Morgan fingerprint density at radius 3 is 2.78 bits per heavy atom. The summed E-state index contributed by atoms with van der Waals surface area (Å²) in [7, 11) is 1.51. The molecule has 1 fully saturated rings. The zero-order valence-corrected chi connectivity index (χ0v) is 10.1. The molecule has 18 heavy (non-hydrogen) atoms. The summed E-state index contributed by atoms with van der Waals surface area (Å²) in [5, 5.41) is 2.97. The summed E-state index contributed by atoms with van der Waals surface area (Å²) in [6, 6.07) is 6.16. The molecule has 1 aliphatic heterocycles. The van der Waals surface area contributed by atoms with E-state index in [2.05, 4.69) is 5.32 Å². The van der Waals surface area contributed by atoms with Gasteiger partial charge >= 0.3 is 6.18 Å². The van der Waals surface area contributed by atoms with Crippen molar-refractivity contribution in [3.8, 4) is 5.75 Å². The van der Waals surface area contributed by atoms with E-state index in [1.807, 2.05) is 0 Å². The fourth-order valence-corrected chi connectivity index (χ4v) is 2.43. The minimum Gasteiger partial charge on any atom is -0.497 e. The Morgan fingerprint density at radius 1 is 1.33 bits per heavy atom. The molecule has 1 saturated heterocycles. The van der Waals surface area contributed by atoms with Gasteiger partial charge in [0.15, 0.2) is 0 Å². The number of halogens is 3. The third-order valence-electron chi connectivity index (χ3n) is 3.33. The van der Waals surface area contributed by atoms with Crippen molar-refractivity contribution in [1.82, 2.24) is 5.32 Å². The van der Waals surface area contributed by atoms with E-state index >= 15 is 0 Å². The Balaban J connectivity index is 2.28. The summed E-state index contributed by atoms with van der Waals surface area (Å²) in [6.45, 7) is 0.620. The zero-order valence-electron chi connectivity index (χ0n) is 10.1. The molecule has 1 aromatic rings. The molecule has 0 radical (unpaired) electrons. The van der Waals surface area contributed by atoms with E-state index in [4.69, 9.17) is 4.74 Å². The van der Waals surface area contributed by atoms with Gasteiger partial charge in [-0.2, -0.15) is 13.2 Å². The van der Waals surface area contributed by atoms with Crippen LogP contribution in [0.5, 0.6) is 5.75 Å². The lowest BCUT2D eigenvalue weighted by Crippen LogP contribution is -2.41. The zero-order chi connectivity index (χ0) is 13.2. The van der Waals surface area contributed by atoms with Crippen molar-refractivity contribution in [2.24, 2.45) is 5.92 Å². The first-order valence-corrected chi connectivity index (χ1v) is 5.96. The predicted molar refractivity (Wildman–Crippen MR) is 62.5 cm³/mol. The first kappa shape index (κ1) is 13.2. The number of piperidine rings is 1. The third kappa shape index (κ3) is 2.77. The van der Waals surface area contributed by atoms with Gasteiger partial charge in [-0.05, 0) is 37.1 Å². The SMILES string of the molecule is COc1cccc(C2NCCCC2C(F)(F)F)c1. The van der Waals surface area contributed by atoms with E-state index in [9.17, 15) is 13.2 Å². The molecule has 2 atom stereocenters. The maximum Gasteiger partial charge on any atom is 0.393 e. The molecule has 1 N–H and O–H groups in total. The highest BCUT2D eigenvalue weighted by Crippen LogP contribution is 2.41. The number of benzene rings is 1. The maximum absolute atomic E-state index is 13.0. The summed E-state index contributed by atoms with van der Waals surface area (Å²) in [5.74, 6) is -0.737. The van der Waals surface area contributed by atoms with Crippen LogP contribution in [0.15, 0.2) is 24.3 Å². The highest BCUT2D eigenvalue weighted by atomic mass is 19.4. The Hall–Kier alpha value is -1.23. The van der Waals surface area contributed by atoms with Crippen LogP contribution in [0.3, 0.4) is 0 Å². The normalized spacial score (nSPS) is 24.9. The average Bonchev–Trinajstić information content (AvgIpc) is 2.38. The summed E-state index contributed by atoms with van der Waals surface area (Å²) < 4.78 is 44.0. The van der Waals surface area contributed by atoms with Crippen LogP contribution in [0.4, 0.5) is 13.2 Å². The van der Waals surface area contributed by atoms with Crippen molar-refractivity contribution in [2.75, 3.05) is 13.7 Å². The minimum absolute atomic E-state index is 0.179. The average molecular weight is 259 g/mol. The molecule has 1 aromatic carbocycles. The molecule has 0 saturated carbocycles. The Labute approximate surface area is 104 Å². The Kier molecular flexibility index (Phi) is 3.80. The molecule has 1 heterocycles. The van der Waals surface area contributed by atoms with Gasteiger partial charge in [0.05, 0.1) is 13.0 Å². The van der Waals surface area contributed by atoms with Gasteiger partial charge in [-0.1, -0.05) is 12.1 Å². The number of nitrogens with one attached hydrogen (secondary N) is 1. The highest BCUT2D eigenvalue weighted by molar-refractivity contribution is 5.31. The number of rotatable bonds is 2. The molecular formula is C13H16F3NO. The summed E-state index contributed by atoms with van der Waals surface area (Å²) in [6.07, 6.45) is -3.43. The second-order valence-electron chi connectivity index (χ2n) is 4.50. The predicted octanol–water partition coefficient (Wildman–Crippen LogP) is 3.30. The smallest absolute Gasteiger partial charge is 0.393 e. The molecule has 0 aromatic heterocycles. The number of hydrogen-bond donors (Lipinski definition) is 1. The molecule has 1 aliphatic rings. The molecule has 100 valence electrons. The molecule has 2 nitrogen and oxygen atoms in total. The van der Waals surface area contributed by atoms with Crippen molar-refractivity contribution >= 4 is 0 Å². The maximum atomic E-state index is 13.0.